The molecule has 6 rings (SSSR count). The molecule has 0 spiro atoms. The maximum Gasteiger partial charge on any atom is 0.300 e. The molecule has 1 unspecified atom stereocenters. The number of carboxylic acids is 1. The molecule has 1 amide bonds. The highest BCUT2D eigenvalue weighted by Gasteiger charge is 2.47. The Labute approximate surface area is 218 Å². The number of benzene rings is 2. The summed E-state index contributed by atoms with van der Waals surface area (Å²) in [6, 6.07) is 17.7. The Morgan fingerprint density at radius 3 is 2.54 bits per heavy atom. The molecule has 37 heavy (non-hydrogen) atoms. The minimum Gasteiger partial charge on any atom is -0.503 e. The van der Waals surface area contributed by atoms with Gasteiger partial charge in [-0.2, -0.15) is 0 Å². The van der Waals surface area contributed by atoms with Gasteiger partial charge in [0.05, 0.1) is 15.8 Å². The quantitative estimate of drug-likeness (QED) is 0.261. The Kier molecular flexibility index (Phi) is 6.36. The summed E-state index contributed by atoms with van der Waals surface area (Å²) in [6.45, 7) is 3.08. The SMILES string of the molecule is CC(=O)O.Cc1ccc2nc(N3C(=O)C(O)=C(C(=O)c4cc5ccccc5o4)C3c3cccs3)sc2c1. The first-order valence-electron chi connectivity index (χ1n) is 11.1. The van der Waals surface area contributed by atoms with Crippen LogP contribution in [-0.4, -0.2) is 32.9 Å². The summed E-state index contributed by atoms with van der Waals surface area (Å²) >= 11 is 2.76. The summed E-state index contributed by atoms with van der Waals surface area (Å²) in [6.07, 6.45) is 0. The zero-order chi connectivity index (χ0) is 26.3. The second-order valence-corrected chi connectivity index (χ2v) is 10.3. The lowest BCUT2D eigenvalue weighted by Gasteiger charge is -2.22. The first-order chi connectivity index (χ1) is 17.7. The van der Waals surface area contributed by atoms with Crippen LogP contribution in [0.5, 0.6) is 0 Å². The van der Waals surface area contributed by atoms with Crippen LogP contribution in [0.25, 0.3) is 21.2 Å². The number of thiazole rings is 1. The van der Waals surface area contributed by atoms with Crippen LogP contribution in [0.3, 0.4) is 0 Å². The van der Waals surface area contributed by atoms with Crippen LogP contribution in [0, 0.1) is 6.92 Å². The number of aromatic nitrogens is 1. The Bertz CT molecular complexity index is 1660. The predicted octanol–water partition coefficient (Wildman–Crippen LogP) is 6.29. The molecule has 3 aromatic heterocycles. The number of carboxylic acid groups (broad SMARTS) is 1. The van der Waals surface area contributed by atoms with Gasteiger partial charge in [-0.05, 0) is 48.2 Å². The highest BCUT2D eigenvalue weighted by Crippen LogP contribution is 2.45. The van der Waals surface area contributed by atoms with Gasteiger partial charge in [0, 0.05) is 17.2 Å². The molecule has 2 N–H and O–H groups in total. The number of nitrogens with zero attached hydrogens (tertiary/aromatic N) is 2. The monoisotopic (exact) mass is 532 g/mol. The van der Waals surface area contributed by atoms with Crippen molar-refractivity contribution in [3.63, 3.8) is 0 Å². The number of aryl methyl sites for hydroxylation is 1. The highest BCUT2D eigenvalue weighted by molar-refractivity contribution is 7.22. The van der Waals surface area contributed by atoms with E-state index in [9.17, 15) is 14.7 Å². The second kappa shape index (κ2) is 9.64. The van der Waals surface area contributed by atoms with Crippen molar-refractivity contribution in [2.45, 2.75) is 19.9 Å². The average molecular weight is 533 g/mol. The van der Waals surface area contributed by atoms with Gasteiger partial charge in [0.2, 0.25) is 5.78 Å². The Morgan fingerprint density at radius 2 is 1.84 bits per heavy atom. The number of fused-ring (bicyclic) bond motifs is 2. The molecule has 1 atom stereocenters. The van der Waals surface area contributed by atoms with Crippen LogP contribution in [-0.2, 0) is 9.59 Å². The molecule has 1 aliphatic rings. The van der Waals surface area contributed by atoms with Gasteiger partial charge < -0.3 is 14.6 Å². The van der Waals surface area contributed by atoms with Gasteiger partial charge in [-0.15, -0.1) is 11.3 Å². The van der Waals surface area contributed by atoms with Gasteiger partial charge in [-0.25, -0.2) is 4.98 Å². The fourth-order valence-corrected chi connectivity index (χ4v) is 6.01. The van der Waals surface area contributed by atoms with Crippen LogP contribution in [0.1, 0.15) is 34.0 Å². The van der Waals surface area contributed by atoms with E-state index in [0.717, 1.165) is 33.0 Å². The van der Waals surface area contributed by atoms with E-state index in [2.05, 4.69) is 4.98 Å². The van der Waals surface area contributed by atoms with E-state index in [1.54, 1.807) is 12.1 Å². The summed E-state index contributed by atoms with van der Waals surface area (Å²) < 4.78 is 6.69. The smallest absolute Gasteiger partial charge is 0.300 e. The van der Waals surface area contributed by atoms with Crippen LogP contribution in [0.15, 0.2) is 81.8 Å². The molecule has 4 heterocycles. The summed E-state index contributed by atoms with van der Waals surface area (Å²) in [5.41, 5.74) is 2.41. The number of rotatable bonds is 4. The third-order valence-corrected chi connectivity index (χ3v) is 7.60. The number of anilines is 1. The number of thiophene rings is 1. The van der Waals surface area contributed by atoms with Crippen molar-refractivity contribution in [3.8, 4) is 0 Å². The van der Waals surface area contributed by atoms with Gasteiger partial charge >= 0.3 is 0 Å². The number of furan rings is 1. The van der Waals surface area contributed by atoms with Crippen molar-refractivity contribution in [1.82, 2.24) is 4.98 Å². The third kappa shape index (κ3) is 4.52. The number of amides is 1. The molecule has 5 aromatic rings. The fraction of sp³-hybridized carbons (Fsp3) is 0.111. The zero-order valence-corrected chi connectivity index (χ0v) is 21.3. The van der Waals surface area contributed by atoms with E-state index in [4.69, 9.17) is 14.3 Å². The number of aliphatic hydroxyl groups is 1. The number of Topliss-reactive ketones (excluding diaryl/α,β-unsaturated/α-hetero) is 1. The van der Waals surface area contributed by atoms with Gasteiger partial charge in [0.25, 0.3) is 11.9 Å². The zero-order valence-electron chi connectivity index (χ0n) is 19.7. The molecule has 186 valence electrons. The lowest BCUT2D eigenvalue weighted by atomic mass is 10.0. The number of para-hydroxylation sites is 1. The molecule has 0 aliphatic carbocycles. The lowest BCUT2D eigenvalue weighted by molar-refractivity contribution is -0.134. The van der Waals surface area contributed by atoms with Crippen LogP contribution >= 0.6 is 22.7 Å². The molecule has 0 fully saturated rings. The molecule has 0 saturated carbocycles. The van der Waals surface area contributed by atoms with Crippen molar-refractivity contribution in [1.29, 1.82) is 0 Å². The molecule has 2 aromatic carbocycles. The minimum atomic E-state index is -0.833. The number of ketones is 1. The van der Waals surface area contributed by atoms with E-state index in [-0.39, 0.29) is 11.3 Å². The van der Waals surface area contributed by atoms with Gasteiger partial charge in [0.1, 0.15) is 11.6 Å². The standard InChI is InChI=1S/C25H16N2O4S2.C2H4O2/c1-13-8-9-15-19(11-13)33-25(26-15)27-21(18-7-4-10-32-18)20(23(29)24(27)30)22(28)17-12-14-5-2-3-6-16(14)31-17;1-2(3)4/h2-12,21,29H,1H3;1H3,(H,3,4). The lowest BCUT2D eigenvalue weighted by Crippen LogP contribution is -2.30. The van der Waals surface area contributed by atoms with Crippen LogP contribution in [0.4, 0.5) is 5.13 Å². The van der Waals surface area contributed by atoms with E-state index < -0.39 is 29.5 Å². The van der Waals surface area contributed by atoms with Crippen LogP contribution in [0.2, 0.25) is 0 Å². The molecule has 0 radical (unpaired) electrons. The molecule has 8 nitrogen and oxygen atoms in total. The van der Waals surface area contributed by atoms with E-state index in [1.165, 1.54) is 27.6 Å². The van der Waals surface area contributed by atoms with Crippen molar-refractivity contribution in [2.75, 3.05) is 4.90 Å². The topological polar surface area (TPSA) is 121 Å². The summed E-state index contributed by atoms with van der Waals surface area (Å²) in [5, 5.41) is 21.4. The van der Waals surface area contributed by atoms with Gasteiger partial charge in [-0.1, -0.05) is 41.7 Å². The number of carbonyl (C=O) groups is 3. The second-order valence-electron chi connectivity index (χ2n) is 8.32. The summed E-state index contributed by atoms with van der Waals surface area (Å²) in [5.74, 6) is -2.50. The van der Waals surface area contributed by atoms with E-state index in [0.29, 0.717) is 10.7 Å². The Morgan fingerprint density at radius 1 is 1.08 bits per heavy atom. The molecule has 1 aliphatic heterocycles. The number of hydrogen-bond acceptors (Lipinski definition) is 8. The number of aliphatic carboxylic acids is 1. The van der Waals surface area contributed by atoms with Crippen molar-refractivity contribution < 1.29 is 29.0 Å². The maximum atomic E-state index is 13.6. The molecule has 0 saturated heterocycles. The first kappa shape index (κ1) is 24.4. The molecule has 0 bridgehead atoms. The first-order valence-corrected chi connectivity index (χ1v) is 12.8. The van der Waals surface area contributed by atoms with Crippen LogP contribution < -0.4 is 4.90 Å². The van der Waals surface area contributed by atoms with Gasteiger partial charge in [0.15, 0.2) is 16.7 Å². The van der Waals surface area contributed by atoms with Crippen molar-refractivity contribution in [2.24, 2.45) is 0 Å². The molecular weight excluding hydrogens is 512 g/mol. The number of aliphatic hydroxyl groups excluding tert-OH is 1. The molecule has 10 heteroatoms. The number of carbonyl (C=O) groups excluding carboxylic acids is 2. The largest absolute Gasteiger partial charge is 0.503 e. The highest BCUT2D eigenvalue weighted by atomic mass is 32.1. The molecular formula is C27H20N2O6S2. The third-order valence-electron chi connectivity index (χ3n) is 5.65. The van der Waals surface area contributed by atoms with Gasteiger partial charge in [-0.3, -0.25) is 19.3 Å². The summed E-state index contributed by atoms with van der Waals surface area (Å²) in [7, 11) is 0. The minimum absolute atomic E-state index is 0.00283. The van der Waals surface area contributed by atoms with Crippen molar-refractivity contribution in [3.05, 3.63) is 93.6 Å². The predicted molar refractivity (Wildman–Crippen MR) is 142 cm³/mol. The van der Waals surface area contributed by atoms with Crippen molar-refractivity contribution >= 4 is 66.7 Å². The Hall–Kier alpha value is -4.28. The number of hydrogen-bond donors (Lipinski definition) is 2. The van der Waals surface area contributed by atoms with E-state index >= 15 is 0 Å². The average Bonchev–Trinajstić information content (AvgIpc) is 3.64. The summed E-state index contributed by atoms with van der Waals surface area (Å²) in [4.78, 5) is 42.7. The van der Waals surface area contributed by atoms with E-state index in [1.807, 2.05) is 60.8 Å². The Balaban J connectivity index is 0.000000655. The fourth-order valence-electron chi connectivity index (χ4n) is 4.10. The normalized spacial score (nSPS) is 15.4. The maximum absolute atomic E-state index is 13.6.